The number of nitro benzene ring substituents is 1. The fourth-order valence-corrected chi connectivity index (χ4v) is 2.29. The number of anilines is 1. The molecule has 0 aliphatic heterocycles. The number of para-hydroxylation sites is 2. The molecule has 0 aliphatic carbocycles. The van der Waals surface area contributed by atoms with Crippen molar-refractivity contribution in [3.05, 3.63) is 64.2 Å². The summed E-state index contributed by atoms with van der Waals surface area (Å²) >= 11 is 0. The zero-order valence-corrected chi connectivity index (χ0v) is 12.7. The van der Waals surface area contributed by atoms with E-state index in [1.54, 1.807) is 19.1 Å². The summed E-state index contributed by atoms with van der Waals surface area (Å²) in [5.74, 6) is 0.607. The minimum atomic E-state index is -0.421. The Bertz CT molecular complexity index is 914. The quantitative estimate of drug-likeness (QED) is 0.455. The summed E-state index contributed by atoms with van der Waals surface area (Å²) < 4.78 is 1.90. The number of hydrazone groups is 1. The first-order valence-electron chi connectivity index (χ1n) is 7.03. The van der Waals surface area contributed by atoms with E-state index < -0.39 is 4.92 Å². The molecule has 0 saturated heterocycles. The van der Waals surface area contributed by atoms with Gasteiger partial charge in [0.1, 0.15) is 0 Å². The lowest BCUT2D eigenvalue weighted by molar-refractivity contribution is -0.384. The molecular weight excluding hydrogens is 294 g/mol. The molecule has 0 saturated carbocycles. The van der Waals surface area contributed by atoms with E-state index in [4.69, 9.17) is 0 Å². The number of hydrogen-bond donors (Lipinski definition) is 1. The van der Waals surface area contributed by atoms with Gasteiger partial charge in [0.15, 0.2) is 0 Å². The van der Waals surface area contributed by atoms with E-state index in [1.807, 2.05) is 35.9 Å². The lowest BCUT2D eigenvalue weighted by Gasteiger charge is -2.04. The molecule has 1 N–H and O–H groups in total. The fourth-order valence-electron chi connectivity index (χ4n) is 2.29. The SMILES string of the molecule is C/C(=N\Nc1nc2ccccc2n1C)c1cccc([N+](=O)[O-])c1. The molecule has 0 fully saturated rings. The van der Waals surface area contributed by atoms with E-state index in [1.165, 1.54) is 12.1 Å². The third-order valence-electron chi connectivity index (χ3n) is 3.59. The smallest absolute Gasteiger partial charge is 0.270 e. The van der Waals surface area contributed by atoms with E-state index in [0.717, 1.165) is 11.0 Å². The normalized spacial score (nSPS) is 11.7. The van der Waals surface area contributed by atoms with E-state index >= 15 is 0 Å². The Balaban J connectivity index is 1.87. The molecule has 116 valence electrons. The third kappa shape index (κ3) is 2.89. The molecule has 0 aliphatic rings. The fraction of sp³-hybridized carbons (Fsp3) is 0.125. The minimum Gasteiger partial charge on any atom is -0.312 e. The lowest BCUT2D eigenvalue weighted by atomic mass is 10.1. The standard InChI is InChI=1S/C16H15N5O2/c1-11(12-6-5-7-13(10-12)21(22)23)18-19-16-17-14-8-3-4-9-15(14)20(16)2/h3-10H,1-2H3,(H,17,19)/b18-11+. The molecule has 7 nitrogen and oxygen atoms in total. The van der Waals surface area contributed by atoms with Crippen LogP contribution in [-0.4, -0.2) is 20.2 Å². The molecule has 7 heteroatoms. The second-order valence-corrected chi connectivity index (χ2v) is 5.10. The maximum absolute atomic E-state index is 10.8. The summed E-state index contributed by atoms with van der Waals surface area (Å²) in [5, 5.41) is 15.1. The van der Waals surface area contributed by atoms with Gasteiger partial charge in [-0.15, -0.1) is 0 Å². The molecule has 0 atom stereocenters. The van der Waals surface area contributed by atoms with E-state index in [0.29, 0.717) is 17.2 Å². The first-order chi connectivity index (χ1) is 11.1. The largest absolute Gasteiger partial charge is 0.312 e. The molecule has 0 spiro atoms. The zero-order valence-electron chi connectivity index (χ0n) is 12.7. The summed E-state index contributed by atoms with van der Waals surface area (Å²) in [7, 11) is 1.90. The minimum absolute atomic E-state index is 0.0415. The molecule has 0 radical (unpaired) electrons. The number of rotatable bonds is 4. The van der Waals surface area contributed by atoms with Crippen molar-refractivity contribution in [3.8, 4) is 0 Å². The predicted molar refractivity (Wildman–Crippen MR) is 89.6 cm³/mol. The van der Waals surface area contributed by atoms with Gasteiger partial charge in [0.2, 0.25) is 5.95 Å². The van der Waals surface area contributed by atoms with Crippen molar-refractivity contribution >= 4 is 28.4 Å². The Kier molecular flexibility index (Phi) is 3.76. The van der Waals surface area contributed by atoms with Crippen LogP contribution in [0.4, 0.5) is 11.6 Å². The Morgan fingerprint density at radius 3 is 2.78 bits per heavy atom. The van der Waals surface area contributed by atoms with Gasteiger partial charge >= 0.3 is 0 Å². The lowest BCUT2D eigenvalue weighted by Crippen LogP contribution is -2.04. The Morgan fingerprint density at radius 1 is 1.26 bits per heavy atom. The number of non-ortho nitro benzene ring substituents is 1. The highest BCUT2D eigenvalue weighted by molar-refractivity contribution is 5.99. The van der Waals surface area contributed by atoms with Gasteiger partial charge in [0.05, 0.1) is 21.7 Å². The first-order valence-corrected chi connectivity index (χ1v) is 7.03. The number of nitro groups is 1. The summed E-state index contributed by atoms with van der Waals surface area (Å²) in [6, 6.07) is 14.2. The molecule has 23 heavy (non-hydrogen) atoms. The van der Waals surface area contributed by atoms with Gasteiger partial charge in [0, 0.05) is 24.7 Å². The van der Waals surface area contributed by atoms with Gasteiger partial charge in [-0.3, -0.25) is 10.1 Å². The van der Waals surface area contributed by atoms with Crippen LogP contribution in [0.25, 0.3) is 11.0 Å². The molecule has 3 aromatic rings. The highest BCUT2D eigenvalue weighted by atomic mass is 16.6. The topological polar surface area (TPSA) is 85.3 Å². The van der Waals surface area contributed by atoms with E-state index in [9.17, 15) is 10.1 Å². The van der Waals surface area contributed by atoms with Crippen molar-refractivity contribution in [1.29, 1.82) is 0 Å². The molecule has 1 heterocycles. The number of benzene rings is 2. The van der Waals surface area contributed by atoms with Gasteiger partial charge in [-0.2, -0.15) is 5.10 Å². The van der Waals surface area contributed by atoms with Gasteiger partial charge in [0.25, 0.3) is 5.69 Å². The Hall–Kier alpha value is -3.22. The Morgan fingerprint density at radius 2 is 2.04 bits per heavy atom. The van der Waals surface area contributed by atoms with Crippen molar-refractivity contribution in [3.63, 3.8) is 0 Å². The predicted octanol–water partition coefficient (Wildman–Crippen LogP) is 3.32. The number of nitrogens with one attached hydrogen (secondary N) is 1. The van der Waals surface area contributed by atoms with Crippen LogP contribution in [0.15, 0.2) is 53.6 Å². The maximum Gasteiger partial charge on any atom is 0.270 e. The summed E-state index contributed by atoms with van der Waals surface area (Å²) in [6.45, 7) is 1.79. The van der Waals surface area contributed by atoms with Crippen LogP contribution in [0.1, 0.15) is 12.5 Å². The van der Waals surface area contributed by atoms with Crippen molar-refractivity contribution in [2.45, 2.75) is 6.92 Å². The number of aromatic nitrogens is 2. The highest BCUT2D eigenvalue weighted by Gasteiger charge is 2.09. The van der Waals surface area contributed by atoms with Crippen molar-refractivity contribution in [1.82, 2.24) is 9.55 Å². The third-order valence-corrected chi connectivity index (χ3v) is 3.59. The first kappa shape index (κ1) is 14.7. The average molecular weight is 309 g/mol. The number of imidazole rings is 1. The molecule has 0 unspecified atom stereocenters. The number of hydrogen-bond acceptors (Lipinski definition) is 5. The van der Waals surface area contributed by atoms with Gasteiger partial charge in [-0.25, -0.2) is 10.4 Å². The van der Waals surface area contributed by atoms with Crippen LogP contribution in [0.5, 0.6) is 0 Å². The highest BCUT2D eigenvalue weighted by Crippen LogP contribution is 2.18. The van der Waals surface area contributed by atoms with Crippen molar-refractivity contribution in [2.75, 3.05) is 5.43 Å². The molecular formula is C16H15N5O2. The zero-order chi connectivity index (χ0) is 16.4. The van der Waals surface area contributed by atoms with Gasteiger partial charge in [-0.1, -0.05) is 24.3 Å². The molecule has 1 aromatic heterocycles. The van der Waals surface area contributed by atoms with Crippen LogP contribution < -0.4 is 5.43 Å². The second-order valence-electron chi connectivity index (χ2n) is 5.10. The number of nitrogens with zero attached hydrogens (tertiary/aromatic N) is 4. The van der Waals surface area contributed by atoms with Crippen LogP contribution in [0.3, 0.4) is 0 Å². The second kappa shape index (κ2) is 5.88. The van der Waals surface area contributed by atoms with Crippen LogP contribution in [0.2, 0.25) is 0 Å². The molecule has 0 amide bonds. The Labute approximate surface area is 132 Å². The van der Waals surface area contributed by atoms with Crippen LogP contribution in [-0.2, 0) is 7.05 Å². The van der Waals surface area contributed by atoms with Crippen molar-refractivity contribution in [2.24, 2.45) is 12.1 Å². The number of aryl methyl sites for hydroxylation is 1. The molecule has 3 rings (SSSR count). The molecule has 0 bridgehead atoms. The van der Waals surface area contributed by atoms with Gasteiger partial charge in [-0.05, 0) is 19.1 Å². The number of fused-ring (bicyclic) bond motifs is 1. The van der Waals surface area contributed by atoms with Crippen molar-refractivity contribution < 1.29 is 4.92 Å². The maximum atomic E-state index is 10.8. The summed E-state index contributed by atoms with van der Waals surface area (Å²) in [5.41, 5.74) is 6.16. The van der Waals surface area contributed by atoms with E-state index in [-0.39, 0.29) is 5.69 Å². The van der Waals surface area contributed by atoms with E-state index in [2.05, 4.69) is 15.5 Å². The summed E-state index contributed by atoms with van der Waals surface area (Å²) in [4.78, 5) is 14.9. The average Bonchev–Trinajstić information content (AvgIpc) is 2.89. The molecule has 2 aromatic carbocycles. The van der Waals surface area contributed by atoms with Crippen LogP contribution >= 0.6 is 0 Å². The van der Waals surface area contributed by atoms with Crippen LogP contribution in [0, 0.1) is 10.1 Å². The summed E-state index contributed by atoms with van der Waals surface area (Å²) in [6.07, 6.45) is 0. The van der Waals surface area contributed by atoms with Gasteiger partial charge < -0.3 is 4.57 Å². The monoisotopic (exact) mass is 309 g/mol.